The quantitative estimate of drug-likeness (QED) is 0.366. The minimum atomic E-state index is -0.725. The summed E-state index contributed by atoms with van der Waals surface area (Å²) in [7, 11) is 0. The lowest BCUT2D eigenvalue weighted by atomic mass is 10.3. The van der Waals surface area contributed by atoms with E-state index in [0.29, 0.717) is 12.0 Å². The maximum atomic E-state index is 10.2. The predicted molar refractivity (Wildman–Crippen MR) is 35.5 cm³/mol. The average molecular weight is 155 g/mol. The number of furan rings is 1. The van der Waals surface area contributed by atoms with Gasteiger partial charge in [0.25, 0.3) is 0 Å². The van der Waals surface area contributed by atoms with E-state index in [-0.39, 0.29) is 5.56 Å². The molecule has 0 N–H and O–H groups in total. The van der Waals surface area contributed by atoms with Crippen molar-refractivity contribution in [3.8, 4) is 0 Å². The number of hydrogen-bond acceptors (Lipinski definition) is 4. The van der Waals surface area contributed by atoms with Gasteiger partial charge in [0.1, 0.15) is 16.2 Å². The van der Waals surface area contributed by atoms with Crippen LogP contribution in [0.15, 0.2) is 10.5 Å². The molecule has 0 amide bonds. The van der Waals surface area contributed by atoms with Crippen LogP contribution in [-0.4, -0.2) is 11.2 Å². The van der Waals surface area contributed by atoms with Gasteiger partial charge < -0.3 is 4.42 Å². The van der Waals surface area contributed by atoms with Crippen molar-refractivity contribution in [2.75, 3.05) is 0 Å². The summed E-state index contributed by atoms with van der Waals surface area (Å²) in [6.45, 7) is 1.54. The molecule has 1 aromatic heterocycles. The van der Waals surface area contributed by atoms with Crippen LogP contribution in [0.3, 0.4) is 0 Å². The second-order valence-corrected chi connectivity index (χ2v) is 1.99. The van der Waals surface area contributed by atoms with Crippen molar-refractivity contribution >= 4 is 12.2 Å². The first-order chi connectivity index (χ1) is 5.15. The van der Waals surface area contributed by atoms with E-state index in [4.69, 9.17) is 0 Å². The average Bonchev–Trinajstić information content (AvgIpc) is 2.30. The van der Waals surface area contributed by atoms with Crippen LogP contribution in [0.1, 0.15) is 16.1 Å². The Hall–Kier alpha value is -1.65. The molecule has 1 heterocycles. The van der Waals surface area contributed by atoms with Gasteiger partial charge in [0.05, 0.1) is 0 Å². The van der Waals surface area contributed by atoms with Crippen molar-refractivity contribution in [1.29, 1.82) is 0 Å². The van der Waals surface area contributed by atoms with Gasteiger partial charge in [-0.1, -0.05) is 0 Å². The van der Waals surface area contributed by atoms with Crippen molar-refractivity contribution in [1.82, 2.24) is 0 Å². The van der Waals surface area contributed by atoms with E-state index in [9.17, 15) is 14.9 Å². The van der Waals surface area contributed by atoms with Gasteiger partial charge in [0.2, 0.25) is 0 Å². The first-order valence-electron chi connectivity index (χ1n) is 2.85. The maximum absolute atomic E-state index is 10.2. The number of aldehydes is 1. The van der Waals surface area contributed by atoms with E-state index in [2.05, 4.69) is 4.42 Å². The first-order valence-corrected chi connectivity index (χ1v) is 2.85. The smallest absolute Gasteiger partial charge is 0.406 e. The molecule has 5 heteroatoms. The molecule has 0 atom stereocenters. The number of aryl methyl sites for hydroxylation is 1. The molecule has 0 spiro atoms. The Kier molecular flexibility index (Phi) is 1.72. The van der Waals surface area contributed by atoms with Crippen molar-refractivity contribution < 1.29 is 14.1 Å². The highest BCUT2D eigenvalue weighted by Gasteiger charge is 2.18. The molecule has 0 saturated carbocycles. The van der Waals surface area contributed by atoms with E-state index >= 15 is 0 Å². The summed E-state index contributed by atoms with van der Waals surface area (Å²) in [5.41, 5.74) is -0.0208. The van der Waals surface area contributed by atoms with E-state index in [0.717, 1.165) is 0 Å². The molecule has 0 aliphatic heterocycles. The number of carbonyl (C=O) groups is 1. The summed E-state index contributed by atoms with van der Waals surface area (Å²) in [6, 6.07) is 1.32. The highest BCUT2D eigenvalue weighted by Crippen LogP contribution is 2.20. The van der Waals surface area contributed by atoms with Crippen LogP contribution >= 0.6 is 0 Å². The standard InChI is InChI=1S/C6H5NO4/c1-4-2-5(3-8)6(11-4)7(9)10/h2-3H,1H3. The first kappa shape index (κ1) is 7.46. The zero-order chi connectivity index (χ0) is 8.43. The fourth-order valence-corrected chi connectivity index (χ4v) is 0.749. The fourth-order valence-electron chi connectivity index (χ4n) is 0.749. The molecule has 0 aliphatic carbocycles. The number of carbonyl (C=O) groups excluding carboxylic acids is 1. The molecule has 5 nitrogen and oxygen atoms in total. The Morgan fingerprint density at radius 1 is 1.73 bits per heavy atom. The van der Waals surface area contributed by atoms with Crippen LogP contribution in [0.4, 0.5) is 5.88 Å². The second kappa shape index (κ2) is 2.53. The van der Waals surface area contributed by atoms with Gasteiger partial charge in [-0.25, -0.2) is 0 Å². The highest BCUT2D eigenvalue weighted by atomic mass is 16.6. The minimum absolute atomic E-state index is 0.0208. The van der Waals surface area contributed by atoms with Crippen LogP contribution in [0, 0.1) is 17.0 Å². The van der Waals surface area contributed by atoms with Crippen molar-refractivity contribution in [3.05, 3.63) is 27.5 Å². The maximum Gasteiger partial charge on any atom is 0.443 e. The summed E-state index contributed by atoms with van der Waals surface area (Å²) < 4.78 is 4.64. The van der Waals surface area contributed by atoms with Gasteiger partial charge in [0.15, 0.2) is 6.29 Å². The van der Waals surface area contributed by atoms with Crippen LogP contribution in [0.5, 0.6) is 0 Å². The van der Waals surface area contributed by atoms with Crippen LogP contribution in [0.25, 0.3) is 0 Å². The molecule has 0 aromatic carbocycles. The molecule has 11 heavy (non-hydrogen) atoms. The minimum Gasteiger partial charge on any atom is -0.406 e. The molecule has 1 aromatic rings. The molecule has 0 radical (unpaired) electrons. The van der Waals surface area contributed by atoms with Gasteiger partial charge in [-0.3, -0.25) is 14.9 Å². The zero-order valence-electron chi connectivity index (χ0n) is 5.73. The van der Waals surface area contributed by atoms with E-state index in [1.54, 1.807) is 6.92 Å². The molecule has 0 unspecified atom stereocenters. The highest BCUT2D eigenvalue weighted by molar-refractivity contribution is 5.79. The Balaban J connectivity index is 3.22. The lowest BCUT2D eigenvalue weighted by Crippen LogP contribution is -1.88. The topological polar surface area (TPSA) is 73.3 Å². The summed E-state index contributed by atoms with van der Waals surface area (Å²) in [4.78, 5) is 19.6. The zero-order valence-corrected chi connectivity index (χ0v) is 5.73. The van der Waals surface area contributed by atoms with Crippen molar-refractivity contribution in [2.45, 2.75) is 6.92 Å². The summed E-state index contributed by atoms with van der Waals surface area (Å²) in [5, 5.41) is 10.1. The Morgan fingerprint density at radius 2 is 2.36 bits per heavy atom. The molecular weight excluding hydrogens is 150 g/mol. The summed E-state index contributed by atoms with van der Waals surface area (Å²) in [6.07, 6.45) is 0.397. The van der Waals surface area contributed by atoms with E-state index < -0.39 is 10.8 Å². The Bertz CT molecular complexity index is 302. The molecular formula is C6H5NO4. The SMILES string of the molecule is Cc1cc(C=O)c([N+](=O)[O-])o1. The number of rotatable bonds is 2. The second-order valence-electron chi connectivity index (χ2n) is 1.99. The fraction of sp³-hybridized carbons (Fsp3) is 0.167. The van der Waals surface area contributed by atoms with Crippen molar-refractivity contribution in [2.24, 2.45) is 0 Å². The van der Waals surface area contributed by atoms with E-state index in [1.165, 1.54) is 6.07 Å². The predicted octanol–water partition coefficient (Wildman–Crippen LogP) is 1.31. The number of nitro groups is 1. The van der Waals surface area contributed by atoms with Crippen LogP contribution < -0.4 is 0 Å². The van der Waals surface area contributed by atoms with Gasteiger partial charge in [-0.2, -0.15) is 0 Å². The normalized spacial score (nSPS) is 9.55. The van der Waals surface area contributed by atoms with Gasteiger partial charge in [-0.05, 0) is 13.0 Å². The molecule has 0 aliphatic rings. The van der Waals surface area contributed by atoms with Gasteiger partial charge >= 0.3 is 5.88 Å². The number of nitrogens with zero attached hydrogens (tertiary/aromatic N) is 1. The molecule has 0 saturated heterocycles. The van der Waals surface area contributed by atoms with Crippen LogP contribution in [0.2, 0.25) is 0 Å². The van der Waals surface area contributed by atoms with Crippen LogP contribution in [-0.2, 0) is 0 Å². The van der Waals surface area contributed by atoms with E-state index in [1.807, 2.05) is 0 Å². The van der Waals surface area contributed by atoms with Gasteiger partial charge in [-0.15, -0.1) is 0 Å². The lowest BCUT2D eigenvalue weighted by Gasteiger charge is -1.82. The summed E-state index contributed by atoms with van der Waals surface area (Å²) in [5.74, 6) is -0.128. The molecule has 0 bridgehead atoms. The third-order valence-corrected chi connectivity index (χ3v) is 1.16. The van der Waals surface area contributed by atoms with Gasteiger partial charge in [0, 0.05) is 0 Å². The Labute approximate surface area is 61.8 Å². The van der Waals surface area contributed by atoms with Crippen molar-refractivity contribution in [3.63, 3.8) is 0 Å². The molecule has 58 valence electrons. The molecule has 0 fully saturated rings. The third kappa shape index (κ3) is 1.26. The third-order valence-electron chi connectivity index (χ3n) is 1.16. The summed E-state index contributed by atoms with van der Waals surface area (Å²) >= 11 is 0. The largest absolute Gasteiger partial charge is 0.443 e. The number of hydrogen-bond donors (Lipinski definition) is 0. The monoisotopic (exact) mass is 155 g/mol. The Morgan fingerprint density at radius 3 is 2.73 bits per heavy atom. The lowest BCUT2D eigenvalue weighted by molar-refractivity contribution is -0.402. The molecule has 1 rings (SSSR count).